The highest BCUT2D eigenvalue weighted by atomic mass is 16.6. The van der Waals surface area contributed by atoms with Gasteiger partial charge in [0.1, 0.15) is 0 Å². The average molecular weight is 182 g/mol. The Morgan fingerprint density at radius 1 is 1.08 bits per heavy atom. The number of hydrogen-bond acceptors (Lipinski definition) is 2. The molecule has 2 saturated heterocycles. The van der Waals surface area contributed by atoms with Gasteiger partial charge >= 0.3 is 0 Å². The number of epoxide rings is 2. The maximum absolute atomic E-state index is 5.52. The summed E-state index contributed by atoms with van der Waals surface area (Å²) in [5.74, 6) is 0.961. The van der Waals surface area contributed by atoms with Crippen molar-refractivity contribution in [1.29, 1.82) is 0 Å². The molecule has 4 unspecified atom stereocenters. The second-order valence-corrected chi connectivity index (χ2v) is 4.78. The monoisotopic (exact) mass is 182 g/mol. The second-order valence-electron chi connectivity index (χ2n) is 4.78. The minimum absolute atomic E-state index is 0.633. The fraction of sp³-hybridized carbons (Fsp3) is 1.00. The number of hydrogen-bond donors (Lipinski definition) is 0. The van der Waals surface area contributed by atoms with Crippen LogP contribution in [-0.4, -0.2) is 24.9 Å². The topological polar surface area (TPSA) is 25.1 Å². The molecule has 0 N–H and O–H groups in total. The van der Waals surface area contributed by atoms with Crippen molar-refractivity contribution in [3.8, 4) is 0 Å². The van der Waals surface area contributed by atoms with Crippen LogP contribution in [0.2, 0.25) is 0 Å². The lowest BCUT2D eigenvalue weighted by atomic mass is 9.86. The first-order valence-electron chi connectivity index (χ1n) is 5.69. The molecule has 0 amide bonds. The van der Waals surface area contributed by atoms with Gasteiger partial charge in [-0.15, -0.1) is 0 Å². The van der Waals surface area contributed by atoms with Gasteiger partial charge in [-0.2, -0.15) is 0 Å². The van der Waals surface area contributed by atoms with Crippen molar-refractivity contribution >= 4 is 0 Å². The van der Waals surface area contributed by atoms with Crippen molar-refractivity contribution in [3.63, 3.8) is 0 Å². The van der Waals surface area contributed by atoms with Gasteiger partial charge in [0.2, 0.25) is 0 Å². The SMILES string of the molecule is C(CC1CCC2OC2C1)CC1CO1. The van der Waals surface area contributed by atoms with Gasteiger partial charge in [-0.1, -0.05) is 12.8 Å². The number of rotatable bonds is 4. The molecule has 0 aromatic heterocycles. The number of ether oxygens (including phenoxy) is 2. The molecule has 2 heterocycles. The summed E-state index contributed by atoms with van der Waals surface area (Å²) in [6, 6.07) is 0. The fourth-order valence-corrected chi connectivity index (χ4v) is 2.62. The second kappa shape index (κ2) is 3.25. The molecule has 2 nitrogen and oxygen atoms in total. The summed E-state index contributed by atoms with van der Waals surface area (Å²) < 4.78 is 10.7. The summed E-state index contributed by atoms with van der Waals surface area (Å²) in [5, 5.41) is 0. The van der Waals surface area contributed by atoms with E-state index >= 15 is 0 Å². The lowest BCUT2D eigenvalue weighted by molar-refractivity contribution is 0.332. The first-order valence-corrected chi connectivity index (χ1v) is 5.69. The summed E-state index contributed by atoms with van der Waals surface area (Å²) in [6.07, 6.45) is 10.1. The third-order valence-corrected chi connectivity index (χ3v) is 3.65. The highest BCUT2D eigenvalue weighted by Gasteiger charge is 2.43. The maximum Gasteiger partial charge on any atom is 0.0844 e. The molecule has 3 aliphatic rings. The van der Waals surface area contributed by atoms with E-state index in [2.05, 4.69) is 0 Å². The van der Waals surface area contributed by atoms with E-state index in [0.717, 1.165) is 12.5 Å². The van der Waals surface area contributed by atoms with E-state index < -0.39 is 0 Å². The summed E-state index contributed by atoms with van der Waals surface area (Å²) in [6.45, 7) is 1.03. The molecule has 3 fully saturated rings. The van der Waals surface area contributed by atoms with Gasteiger partial charge in [-0.25, -0.2) is 0 Å². The third-order valence-electron chi connectivity index (χ3n) is 3.65. The Hall–Kier alpha value is -0.0800. The van der Waals surface area contributed by atoms with Crippen LogP contribution in [0.25, 0.3) is 0 Å². The van der Waals surface area contributed by atoms with Gasteiger partial charge in [0, 0.05) is 0 Å². The Labute approximate surface area is 79.6 Å². The predicted octanol–water partition coefficient (Wildman–Crippen LogP) is 2.12. The number of fused-ring (bicyclic) bond motifs is 1. The predicted molar refractivity (Wildman–Crippen MR) is 49.6 cm³/mol. The molecule has 2 heteroatoms. The molecular weight excluding hydrogens is 164 g/mol. The fourth-order valence-electron chi connectivity index (χ4n) is 2.62. The minimum atomic E-state index is 0.633. The first kappa shape index (κ1) is 8.25. The largest absolute Gasteiger partial charge is 0.373 e. The molecule has 3 rings (SSSR count). The molecule has 1 saturated carbocycles. The zero-order valence-electron chi connectivity index (χ0n) is 8.08. The van der Waals surface area contributed by atoms with E-state index in [4.69, 9.17) is 9.47 Å². The van der Waals surface area contributed by atoms with Crippen molar-refractivity contribution in [1.82, 2.24) is 0 Å². The van der Waals surface area contributed by atoms with Gasteiger partial charge in [-0.3, -0.25) is 0 Å². The van der Waals surface area contributed by atoms with Crippen LogP contribution in [-0.2, 0) is 9.47 Å². The van der Waals surface area contributed by atoms with E-state index in [-0.39, 0.29) is 0 Å². The normalized spacial score (nSPS) is 47.1. The smallest absolute Gasteiger partial charge is 0.0844 e. The Morgan fingerprint density at radius 2 is 2.00 bits per heavy atom. The summed E-state index contributed by atoms with van der Waals surface area (Å²) in [7, 11) is 0. The molecule has 74 valence electrons. The lowest BCUT2D eigenvalue weighted by Gasteiger charge is -2.18. The zero-order valence-corrected chi connectivity index (χ0v) is 8.08. The van der Waals surface area contributed by atoms with Crippen molar-refractivity contribution in [3.05, 3.63) is 0 Å². The van der Waals surface area contributed by atoms with Gasteiger partial charge in [0.25, 0.3) is 0 Å². The van der Waals surface area contributed by atoms with Crippen LogP contribution in [0.4, 0.5) is 0 Å². The highest BCUT2D eigenvalue weighted by Crippen LogP contribution is 2.41. The van der Waals surface area contributed by atoms with E-state index in [9.17, 15) is 0 Å². The summed E-state index contributed by atoms with van der Waals surface area (Å²) >= 11 is 0. The van der Waals surface area contributed by atoms with Crippen LogP contribution < -0.4 is 0 Å². The standard InChI is InChI=1S/C11H18O2/c1(3-9-7-12-9)2-8-4-5-10-11(6-8)13-10/h8-11H,1-7H2. The third kappa shape index (κ3) is 2.05. The molecule has 0 radical (unpaired) electrons. The Kier molecular flexibility index (Phi) is 2.06. The van der Waals surface area contributed by atoms with Gasteiger partial charge < -0.3 is 9.47 Å². The molecule has 0 spiro atoms. The molecule has 1 aliphatic carbocycles. The molecule has 0 aromatic rings. The van der Waals surface area contributed by atoms with Crippen LogP contribution in [0, 0.1) is 5.92 Å². The van der Waals surface area contributed by atoms with Crippen molar-refractivity contribution < 1.29 is 9.47 Å². The minimum Gasteiger partial charge on any atom is -0.373 e. The molecule has 0 aromatic carbocycles. The van der Waals surface area contributed by atoms with E-state index in [1.165, 1.54) is 38.5 Å². The lowest BCUT2D eigenvalue weighted by Crippen LogP contribution is -2.13. The van der Waals surface area contributed by atoms with Crippen LogP contribution in [0.5, 0.6) is 0 Å². The average Bonchev–Trinajstić information content (AvgIpc) is 2.98. The molecule has 0 bridgehead atoms. The Morgan fingerprint density at radius 3 is 2.77 bits per heavy atom. The van der Waals surface area contributed by atoms with E-state index in [1.807, 2.05) is 0 Å². The van der Waals surface area contributed by atoms with Crippen LogP contribution >= 0.6 is 0 Å². The van der Waals surface area contributed by atoms with Crippen LogP contribution in [0.3, 0.4) is 0 Å². The van der Waals surface area contributed by atoms with Gasteiger partial charge in [0.05, 0.1) is 24.9 Å². The quantitative estimate of drug-likeness (QED) is 0.622. The van der Waals surface area contributed by atoms with Crippen molar-refractivity contribution in [2.45, 2.75) is 56.8 Å². The first-order chi connectivity index (χ1) is 6.42. The van der Waals surface area contributed by atoms with Crippen molar-refractivity contribution in [2.24, 2.45) is 5.92 Å². The van der Waals surface area contributed by atoms with Crippen LogP contribution in [0.1, 0.15) is 38.5 Å². The summed E-state index contributed by atoms with van der Waals surface area (Å²) in [5.41, 5.74) is 0. The van der Waals surface area contributed by atoms with Crippen molar-refractivity contribution in [2.75, 3.05) is 6.61 Å². The van der Waals surface area contributed by atoms with E-state index in [0.29, 0.717) is 18.3 Å². The zero-order chi connectivity index (χ0) is 8.67. The van der Waals surface area contributed by atoms with Crippen LogP contribution in [0.15, 0.2) is 0 Å². The maximum atomic E-state index is 5.52. The summed E-state index contributed by atoms with van der Waals surface area (Å²) in [4.78, 5) is 0. The Balaban J connectivity index is 1.34. The van der Waals surface area contributed by atoms with Gasteiger partial charge in [0.15, 0.2) is 0 Å². The highest BCUT2D eigenvalue weighted by molar-refractivity contribution is 4.91. The Bertz CT molecular complexity index is 189. The molecule has 2 aliphatic heterocycles. The van der Waals surface area contributed by atoms with Gasteiger partial charge in [-0.05, 0) is 31.6 Å². The van der Waals surface area contributed by atoms with E-state index in [1.54, 1.807) is 0 Å². The molecular formula is C11H18O2. The molecule has 13 heavy (non-hydrogen) atoms. The molecule has 4 atom stereocenters.